The lowest BCUT2D eigenvalue weighted by Gasteiger charge is -2.30. The van der Waals surface area contributed by atoms with Crippen LogP contribution >= 0.6 is 0 Å². The summed E-state index contributed by atoms with van der Waals surface area (Å²) in [5, 5.41) is 10.2. The van der Waals surface area contributed by atoms with E-state index in [1.165, 1.54) is 43.2 Å². The Labute approximate surface area is 134 Å². The van der Waals surface area contributed by atoms with Gasteiger partial charge in [0.15, 0.2) is 0 Å². The number of rotatable bonds is 8. The third-order valence-electron chi connectivity index (χ3n) is 4.74. The zero-order valence-corrected chi connectivity index (χ0v) is 14.1. The maximum Gasteiger partial charge on any atom is 0.127 e. The minimum Gasteiger partial charge on any atom is -0.385 e. The molecule has 0 aliphatic carbocycles. The molecule has 0 unspecified atom stereocenters. The summed E-state index contributed by atoms with van der Waals surface area (Å²) in [6.07, 6.45) is -0.346. The number of likely N-dealkylation sites (N-methyl/N-ethyl adjacent to an activating group) is 1. The van der Waals surface area contributed by atoms with Gasteiger partial charge in [0.25, 0.3) is 0 Å². The molecule has 0 aromatic heterocycles. The number of piperazine rings is 1. The molecule has 1 saturated heterocycles. The van der Waals surface area contributed by atoms with Crippen molar-refractivity contribution in [1.29, 1.82) is 0 Å². The van der Waals surface area contributed by atoms with E-state index in [1.54, 1.807) is 4.90 Å². The molecule has 2 rings (SSSR count). The quantitative estimate of drug-likeness (QED) is 0.575. The molecule has 22 heavy (non-hydrogen) atoms. The van der Waals surface area contributed by atoms with Crippen molar-refractivity contribution in [3.05, 3.63) is 35.9 Å². The molecule has 0 spiro atoms. The molecule has 4 heteroatoms. The molecule has 0 saturated carbocycles. The number of aliphatic hydroxyl groups is 1. The maximum atomic E-state index is 10.2. The minimum absolute atomic E-state index is 0.346. The highest BCUT2D eigenvalue weighted by Crippen LogP contribution is 2.14. The van der Waals surface area contributed by atoms with E-state index in [9.17, 15) is 5.11 Å². The lowest BCUT2D eigenvalue weighted by Crippen LogP contribution is -3.28. The van der Waals surface area contributed by atoms with Gasteiger partial charge in [-0.1, -0.05) is 37.3 Å². The second kappa shape index (κ2) is 9.26. The van der Waals surface area contributed by atoms with Crippen molar-refractivity contribution < 1.29 is 19.6 Å². The number of ether oxygens (including phenoxy) is 1. The summed E-state index contributed by atoms with van der Waals surface area (Å²) in [6, 6.07) is 10.4. The second-order valence-corrected chi connectivity index (χ2v) is 6.56. The molecule has 1 heterocycles. The van der Waals surface area contributed by atoms with E-state index >= 15 is 0 Å². The Morgan fingerprint density at radius 3 is 2.32 bits per heavy atom. The Balaban J connectivity index is 1.61. The van der Waals surface area contributed by atoms with Crippen LogP contribution in [0.1, 0.15) is 25.3 Å². The van der Waals surface area contributed by atoms with Gasteiger partial charge in [-0.2, -0.15) is 0 Å². The van der Waals surface area contributed by atoms with Crippen LogP contribution in [0.5, 0.6) is 0 Å². The Morgan fingerprint density at radius 1 is 1.05 bits per heavy atom. The van der Waals surface area contributed by atoms with Crippen molar-refractivity contribution in [2.75, 3.05) is 52.5 Å². The average molecular weight is 308 g/mol. The van der Waals surface area contributed by atoms with Crippen LogP contribution in [0.25, 0.3) is 0 Å². The van der Waals surface area contributed by atoms with Gasteiger partial charge in [-0.15, -0.1) is 0 Å². The zero-order chi connectivity index (χ0) is 15.8. The van der Waals surface area contributed by atoms with E-state index in [1.807, 2.05) is 6.07 Å². The van der Waals surface area contributed by atoms with Crippen molar-refractivity contribution in [2.24, 2.45) is 0 Å². The highest BCUT2D eigenvalue weighted by molar-refractivity contribution is 5.18. The van der Waals surface area contributed by atoms with E-state index < -0.39 is 0 Å². The van der Waals surface area contributed by atoms with Gasteiger partial charge < -0.3 is 19.6 Å². The summed E-state index contributed by atoms with van der Waals surface area (Å²) < 4.78 is 5.73. The van der Waals surface area contributed by atoms with Crippen LogP contribution in [-0.4, -0.2) is 63.7 Å². The molecule has 0 bridgehead atoms. The average Bonchev–Trinajstić information content (AvgIpc) is 2.56. The lowest BCUT2D eigenvalue weighted by molar-refractivity contribution is -1.01. The monoisotopic (exact) mass is 308 g/mol. The van der Waals surface area contributed by atoms with Crippen LogP contribution in [0, 0.1) is 0 Å². The van der Waals surface area contributed by atoms with Gasteiger partial charge in [-0.25, -0.2) is 0 Å². The molecule has 1 fully saturated rings. The van der Waals surface area contributed by atoms with Crippen LogP contribution in [0.3, 0.4) is 0 Å². The van der Waals surface area contributed by atoms with E-state index in [-0.39, 0.29) is 6.10 Å². The van der Waals surface area contributed by atoms with Crippen molar-refractivity contribution in [2.45, 2.75) is 25.9 Å². The zero-order valence-electron chi connectivity index (χ0n) is 14.1. The van der Waals surface area contributed by atoms with E-state index in [0.717, 1.165) is 6.54 Å². The van der Waals surface area contributed by atoms with Crippen molar-refractivity contribution >= 4 is 0 Å². The molecule has 0 radical (unpaired) electrons. The van der Waals surface area contributed by atoms with Gasteiger partial charge in [-0.05, 0) is 12.5 Å². The number of benzene rings is 1. The normalized spacial score (nSPS) is 24.9. The molecule has 1 aliphatic heterocycles. The SMILES string of the molecule is CC[NH+]1CC[NH+](C[C@H](O)COC[C@H](C)c2ccccc2)CC1. The molecule has 3 N–H and O–H groups in total. The van der Waals surface area contributed by atoms with Crippen LogP contribution in [0.4, 0.5) is 0 Å². The smallest absolute Gasteiger partial charge is 0.127 e. The molecule has 124 valence electrons. The molecule has 0 amide bonds. The first-order valence-corrected chi connectivity index (χ1v) is 8.67. The molecule has 4 nitrogen and oxygen atoms in total. The Kier molecular flexibility index (Phi) is 7.33. The van der Waals surface area contributed by atoms with Gasteiger partial charge in [-0.3, -0.25) is 0 Å². The second-order valence-electron chi connectivity index (χ2n) is 6.56. The third-order valence-corrected chi connectivity index (χ3v) is 4.74. The fraction of sp³-hybridized carbons (Fsp3) is 0.667. The summed E-state index contributed by atoms with van der Waals surface area (Å²) in [5.41, 5.74) is 1.29. The Hall–Kier alpha value is -0.940. The molecule has 1 aromatic carbocycles. The summed E-state index contributed by atoms with van der Waals surface area (Å²) in [7, 11) is 0. The number of quaternary nitrogens is 2. The maximum absolute atomic E-state index is 10.2. The molecular formula is C18H32N2O2+2. The molecule has 1 aromatic rings. The predicted octanol–water partition coefficient (Wildman–Crippen LogP) is -1.03. The van der Waals surface area contributed by atoms with Crippen LogP contribution < -0.4 is 9.80 Å². The Bertz CT molecular complexity index is 405. The summed E-state index contributed by atoms with van der Waals surface area (Å²) in [5.74, 6) is 0.373. The number of aliphatic hydroxyl groups excluding tert-OH is 1. The van der Waals surface area contributed by atoms with Crippen molar-refractivity contribution in [1.82, 2.24) is 0 Å². The van der Waals surface area contributed by atoms with Gasteiger partial charge >= 0.3 is 0 Å². The minimum atomic E-state index is -0.346. The standard InChI is InChI=1S/C18H30N2O2/c1-3-19-9-11-20(12-10-19)13-18(21)15-22-14-16(2)17-7-5-4-6-8-17/h4-8,16,18,21H,3,9-15H2,1-2H3/p+2/t16-,18-/m0/s1. The van der Waals surface area contributed by atoms with Crippen LogP contribution in [0.15, 0.2) is 30.3 Å². The van der Waals surface area contributed by atoms with Crippen LogP contribution in [-0.2, 0) is 4.74 Å². The largest absolute Gasteiger partial charge is 0.385 e. The van der Waals surface area contributed by atoms with Gasteiger partial charge in [0, 0.05) is 5.92 Å². The number of hydrogen-bond donors (Lipinski definition) is 3. The fourth-order valence-electron chi connectivity index (χ4n) is 3.17. The third kappa shape index (κ3) is 5.69. The van der Waals surface area contributed by atoms with Gasteiger partial charge in [0.05, 0.1) is 19.8 Å². The highest BCUT2D eigenvalue weighted by Gasteiger charge is 2.23. The lowest BCUT2D eigenvalue weighted by atomic mass is 10.0. The van der Waals surface area contributed by atoms with Crippen molar-refractivity contribution in [3.8, 4) is 0 Å². The van der Waals surface area contributed by atoms with Crippen LogP contribution in [0.2, 0.25) is 0 Å². The topological polar surface area (TPSA) is 38.3 Å². The van der Waals surface area contributed by atoms with E-state index in [2.05, 4.69) is 38.1 Å². The summed E-state index contributed by atoms with van der Waals surface area (Å²) >= 11 is 0. The van der Waals surface area contributed by atoms with Gasteiger partial charge in [0.1, 0.15) is 38.8 Å². The fourth-order valence-corrected chi connectivity index (χ4v) is 3.17. The molecular weight excluding hydrogens is 276 g/mol. The number of nitrogens with one attached hydrogen (secondary N) is 2. The molecule has 2 atom stereocenters. The first-order chi connectivity index (χ1) is 10.7. The molecule has 1 aliphatic rings. The summed E-state index contributed by atoms with van der Waals surface area (Å²) in [4.78, 5) is 3.20. The Morgan fingerprint density at radius 2 is 1.68 bits per heavy atom. The predicted molar refractivity (Wildman–Crippen MR) is 88.5 cm³/mol. The first kappa shape index (κ1) is 17.4. The first-order valence-electron chi connectivity index (χ1n) is 8.67. The highest BCUT2D eigenvalue weighted by atomic mass is 16.5. The van der Waals surface area contributed by atoms with E-state index in [4.69, 9.17) is 4.74 Å². The number of hydrogen-bond acceptors (Lipinski definition) is 2. The van der Waals surface area contributed by atoms with Gasteiger partial charge in [0.2, 0.25) is 0 Å². The van der Waals surface area contributed by atoms with E-state index in [0.29, 0.717) is 19.1 Å². The summed E-state index contributed by atoms with van der Waals surface area (Å²) in [6.45, 7) is 12.4. The van der Waals surface area contributed by atoms with Crippen molar-refractivity contribution in [3.63, 3.8) is 0 Å².